The Morgan fingerprint density at radius 3 is 2.06 bits per heavy atom. The Morgan fingerprint density at radius 1 is 0.875 bits per heavy atom. The molecule has 0 radical (unpaired) electrons. The van der Waals surface area contributed by atoms with Crippen molar-refractivity contribution in [2.24, 2.45) is 0 Å². The summed E-state index contributed by atoms with van der Waals surface area (Å²) >= 11 is 0. The van der Waals surface area contributed by atoms with Gasteiger partial charge in [0.25, 0.3) is 0 Å². The normalized spacial score (nSPS) is 10.5. The predicted octanol–water partition coefficient (Wildman–Crippen LogP) is 3.50. The predicted molar refractivity (Wildman–Crippen MR) is 66.2 cm³/mol. The minimum Gasteiger partial charge on any atom is -0.469 e. The number of hydrogen-bond donors (Lipinski definition) is 0. The standard InChI is InChI=1S/C13H11O2P/c14-13(11-7-3-1-4-8-11)16-15-12-9-5-2-6-10-12/h1-10,16H. The van der Waals surface area contributed by atoms with Gasteiger partial charge in [0.1, 0.15) is 14.6 Å². The second-order valence-electron chi connectivity index (χ2n) is 3.21. The fourth-order valence-corrected chi connectivity index (χ4v) is 1.87. The van der Waals surface area contributed by atoms with Gasteiger partial charge >= 0.3 is 0 Å². The van der Waals surface area contributed by atoms with E-state index in [1.54, 1.807) is 12.1 Å². The van der Waals surface area contributed by atoms with E-state index in [9.17, 15) is 4.79 Å². The van der Waals surface area contributed by atoms with Crippen LogP contribution in [-0.4, -0.2) is 5.52 Å². The van der Waals surface area contributed by atoms with E-state index in [-0.39, 0.29) is 14.3 Å². The Balaban J connectivity index is 1.95. The van der Waals surface area contributed by atoms with Gasteiger partial charge in [0.2, 0.25) is 5.52 Å². The maximum atomic E-state index is 11.7. The highest BCUT2D eigenvalue weighted by Crippen LogP contribution is 2.23. The molecule has 16 heavy (non-hydrogen) atoms. The Bertz CT molecular complexity index is 454. The average molecular weight is 230 g/mol. The summed E-state index contributed by atoms with van der Waals surface area (Å²) in [6.07, 6.45) is 0. The van der Waals surface area contributed by atoms with Crippen LogP contribution in [0.2, 0.25) is 0 Å². The van der Waals surface area contributed by atoms with Crippen molar-refractivity contribution in [3.05, 3.63) is 66.2 Å². The lowest BCUT2D eigenvalue weighted by molar-refractivity contribution is 0.107. The van der Waals surface area contributed by atoms with E-state index in [2.05, 4.69) is 0 Å². The number of hydrogen-bond acceptors (Lipinski definition) is 2. The molecule has 0 saturated carbocycles. The summed E-state index contributed by atoms with van der Waals surface area (Å²) in [4.78, 5) is 11.7. The Morgan fingerprint density at radius 2 is 1.44 bits per heavy atom. The lowest BCUT2D eigenvalue weighted by Gasteiger charge is -2.04. The number of carbonyl (C=O) groups excluding carboxylic acids is 1. The monoisotopic (exact) mass is 230 g/mol. The van der Waals surface area contributed by atoms with E-state index in [1.165, 1.54) is 0 Å². The minimum absolute atomic E-state index is 0.0180. The molecule has 1 atom stereocenters. The molecule has 1 unspecified atom stereocenters. The smallest absolute Gasteiger partial charge is 0.221 e. The highest BCUT2D eigenvalue weighted by molar-refractivity contribution is 7.54. The third-order valence-corrected chi connectivity index (χ3v) is 2.85. The van der Waals surface area contributed by atoms with Crippen LogP contribution < -0.4 is 4.52 Å². The van der Waals surface area contributed by atoms with Crippen molar-refractivity contribution in [1.82, 2.24) is 0 Å². The largest absolute Gasteiger partial charge is 0.469 e. The minimum atomic E-state index is -0.178. The maximum Gasteiger partial charge on any atom is 0.221 e. The van der Waals surface area contributed by atoms with Gasteiger partial charge in [-0.2, -0.15) is 0 Å². The van der Waals surface area contributed by atoms with Crippen molar-refractivity contribution in [3.63, 3.8) is 0 Å². The van der Waals surface area contributed by atoms with E-state index < -0.39 is 0 Å². The van der Waals surface area contributed by atoms with E-state index in [0.29, 0.717) is 5.56 Å². The fraction of sp³-hybridized carbons (Fsp3) is 0. The van der Waals surface area contributed by atoms with Crippen LogP contribution in [0.5, 0.6) is 5.75 Å². The molecule has 3 heteroatoms. The van der Waals surface area contributed by atoms with Crippen molar-refractivity contribution in [2.45, 2.75) is 0 Å². The number of rotatable bonds is 4. The summed E-state index contributed by atoms with van der Waals surface area (Å²) in [7, 11) is -0.178. The number of benzene rings is 2. The molecule has 0 heterocycles. The number of para-hydroxylation sites is 1. The van der Waals surface area contributed by atoms with Gasteiger partial charge < -0.3 is 4.52 Å². The lowest BCUT2D eigenvalue weighted by Crippen LogP contribution is -1.92. The molecular formula is C13H11O2P. The van der Waals surface area contributed by atoms with Crippen molar-refractivity contribution in [2.75, 3.05) is 0 Å². The molecule has 0 aromatic heterocycles. The third kappa shape index (κ3) is 2.91. The highest BCUT2D eigenvalue weighted by atomic mass is 31.1. The van der Waals surface area contributed by atoms with Crippen LogP contribution in [0.3, 0.4) is 0 Å². The summed E-state index contributed by atoms with van der Waals surface area (Å²) in [6, 6.07) is 18.5. The molecule has 0 spiro atoms. The summed E-state index contributed by atoms with van der Waals surface area (Å²) in [5.41, 5.74) is 0.709. The summed E-state index contributed by atoms with van der Waals surface area (Å²) in [5, 5.41) is 0. The first-order valence-electron chi connectivity index (χ1n) is 4.93. The molecule has 2 aromatic rings. The molecule has 0 aliphatic heterocycles. The molecule has 0 bridgehead atoms. The van der Waals surface area contributed by atoms with Gasteiger partial charge in [0, 0.05) is 5.56 Å². The zero-order valence-electron chi connectivity index (χ0n) is 8.59. The second kappa shape index (κ2) is 5.43. The Kier molecular flexibility index (Phi) is 3.68. The van der Waals surface area contributed by atoms with E-state index in [0.717, 1.165) is 5.75 Å². The summed E-state index contributed by atoms with van der Waals surface area (Å²) in [6.45, 7) is 0. The highest BCUT2D eigenvalue weighted by Gasteiger charge is 2.05. The SMILES string of the molecule is O=C(POc1ccccc1)c1ccccc1. The van der Waals surface area contributed by atoms with Crippen LogP contribution in [0.15, 0.2) is 60.7 Å². The fourth-order valence-electron chi connectivity index (χ4n) is 1.24. The third-order valence-electron chi connectivity index (χ3n) is 2.04. The van der Waals surface area contributed by atoms with E-state index in [4.69, 9.17) is 4.52 Å². The first-order chi connectivity index (χ1) is 7.86. The van der Waals surface area contributed by atoms with Gasteiger partial charge in [-0.05, 0) is 12.1 Å². The van der Waals surface area contributed by atoms with Crippen molar-refractivity contribution in [1.29, 1.82) is 0 Å². The summed E-state index contributed by atoms with van der Waals surface area (Å²) < 4.78 is 5.40. The van der Waals surface area contributed by atoms with Crippen molar-refractivity contribution in [3.8, 4) is 5.75 Å². The molecular weight excluding hydrogens is 219 g/mol. The quantitative estimate of drug-likeness (QED) is 0.751. The molecule has 2 nitrogen and oxygen atoms in total. The average Bonchev–Trinajstić information content (AvgIpc) is 2.38. The van der Waals surface area contributed by atoms with Gasteiger partial charge in [0.15, 0.2) is 0 Å². The molecule has 0 saturated heterocycles. The first kappa shape index (κ1) is 10.8. The zero-order valence-corrected chi connectivity index (χ0v) is 9.59. The van der Waals surface area contributed by atoms with Crippen molar-refractivity contribution < 1.29 is 9.32 Å². The molecule has 0 amide bonds. The number of carbonyl (C=O) groups is 1. The van der Waals surface area contributed by atoms with Crippen LogP contribution in [0, 0.1) is 0 Å². The molecule has 0 N–H and O–H groups in total. The van der Waals surface area contributed by atoms with Crippen molar-refractivity contribution >= 4 is 14.3 Å². The van der Waals surface area contributed by atoms with Crippen LogP contribution >= 0.6 is 8.81 Å². The second-order valence-corrected chi connectivity index (χ2v) is 4.07. The molecule has 0 fully saturated rings. The molecule has 0 aliphatic carbocycles. The lowest BCUT2D eigenvalue weighted by atomic mass is 10.2. The van der Waals surface area contributed by atoms with Gasteiger partial charge in [-0.25, -0.2) is 0 Å². The zero-order chi connectivity index (χ0) is 11.2. The van der Waals surface area contributed by atoms with Crippen LogP contribution in [0.1, 0.15) is 10.4 Å². The van der Waals surface area contributed by atoms with E-state index in [1.807, 2.05) is 48.5 Å². The van der Waals surface area contributed by atoms with Gasteiger partial charge in [-0.1, -0.05) is 48.5 Å². The van der Waals surface area contributed by atoms with Crippen LogP contribution in [-0.2, 0) is 0 Å². The maximum absolute atomic E-state index is 11.7. The van der Waals surface area contributed by atoms with Gasteiger partial charge in [-0.15, -0.1) is 0 Å². The first-order valence-corrected chi connectivity index (χ1v) is 5.84. The Labute approximate surface area is 96.1 Å². The molecule has 2 rings (SSSR count). The Hall–Kier alpha value is -1.66. The molecule has 80 valence electrons. The van der Waals surface area contributed by atoms with Gasteiger partial charge in [0.05, 0.1) is 0 Å². The van der Waals surface area contributed by atoms with Gasteiger partial charge in [-0.3, -0.25) is 4.79 Å². The topological polar surface area (TPSA) is 26.3 Å². The molecule has 0 aliphatic rings. The summed E-state index contributed by atoms with van der Waals surface area (Å²) in [5.74, 6) is 0.727. The molecule has 2 aromatic carbocycles. The van der Waals surface area contributed by atoms with E-state index >= 15 is 0 Å². The van der Waals surface area contributed by atoms with Crippen LogP contribution in [0.25, 0.3) is 0 Å². The van der Waals surface area contributed by atoms with Crippen LogP contribution in [0.4, 0.5) is 0 Å².